The van der Waals surface area contributed by atoms with Gasteiger partial charge in [-0.25, -0.2) is 0 Å². The van der Waals surface area contributed by atoms with Crippen molar-refractivity contribution in [3.05, 3.63) is 11.6 Å². The number of amides is 1. The summed E-state index contributed by atoms with van der Waals surface area (Å²) in [7, 11) is 0. The van der Waals surface area contributed by atoms with Gasteiger partial charge in [0.15, 0.2) is 0 Å². The Hall–Kier alpha value is -0.830. The monoisotopic (exact) mass is 263 g/mol. The van der Waals surface area contributed by atoms with E-state index in [0.29, 0.717) is 24.2 Å². The van der Waals surface area contributed by atoms with Gasteiger partial charge in [0, 0.05) is 25.0 Å². The van der Waals surface area contributed by atoms with Gasteiger partial charge in [-0.05, 0) is 56.8 Å². The summed E-state index contributed by atoms with van der Waals surface area (Å²) in [5.74, 6) is 1.74. The van der Waals surface area contributed by atoms with Crippen molar-refractivity contribution in [2.75, 3.05) is 6.61 Å². The van der Waals surface area contributed by atoms with E-state index in [0.717, 1.165) is 12.8 Å². The first-order chi connectivity index (χ1) is 9.28. The number of allylic oxidation sites excluding steroid dienone is 1. The van der Waals surface area contributed by atoms with Crippen LogP contribution in [0, 0.1) is 17.8 Å². The number of hydrogen-bond acceptors (Lipinski definition) is 2. The second-order valence-corrected chi connectivity index (χ2v) is 6.56. The van der Waals surface area contributed by atoms with Crippen LogP contribution in [0.1, 0.15) is 51.4 Å². The van der Waals surface area contributed by atoms with Gasteiger partial charge in [0.05, 0.1) is 0 Å². The highest BCUT2D eigenvalue weighted by Crippen LogP contribution is 2.48. The first kappa shape index (κ1) is 13.2. The van der Waals surface area contributed by atoms with E-state index < -0.39 is 0 Å². The molecule has 2 N–H and O–H groups in total. The fourth-order valence-corrected chi connectivity index (χ4v) is 4.41. The lowest BCUT2D eigenvalue weighted by atomic mass is 9.85. The molecule has 0 heterocycles. The second kappa shape index (κ2) is 5.66. The van der Waals surface area contributed by atoms with Crippen molar-refractivity contribution in [2.24, 2.45) is 17.8 Å². The summed E-state index contributed by atoms with van der Waals surface area (Å²) in [6.45, 7) is 0.231. The highest BCUT2D eigenvalue weighted by atomic mass is 16.3. The topological polar surface area (TPSA) is 49.3 Å². The average molecular weight is 263 g/mol. The minimum Gasteiger partial charge on any atom is -0.396 e. The van der Waals surface area contributed by atoms with Crippen molar-refractivity contribution < 1.29 is 9.90 Å². The third-order valence-corrected chi connectivity index (χ3v) is 5.40. The first-order valence-electron chi connectivity index (χ1n) is 7.86. The Labute approximate surface area is 115 Å². The van der Waals surface area contributed by atoms with E-state index in [2.05, 4.69) is 11.4 Å². The number of nitrogens with one attached hydrogen (secondary N) is 1. The fraction of sp³-hybridized carbons (Fsp3) is 0.812. The average Bonchev–Trinajstić information content (AvgIpc) is 3.00. The third kappa shape index (κ3) is 2.71. The molecule has 0 aliphatic heterocycles. The van der Waals surface area contributed by atoms with Gasteiger partial charge in [0.1, 0.15) is 0 Å². The fourth-order valence-electron chi connectivity index (χ4n) is 4.41. The maximum absolute atomic E-state index is 12.2. The normalized spacial score (nSPS) is 37.2. The highest BCUT2D eigenvalue weighted by molar-refractivity contribution is 5.79. The van der Waals surface area contributed by atoms with Crippen LogP contribution in [0.25, 0.3) is 0 Å². The molecule has 106 valence electrons. The summed E-state index contributed by atoms with van der Waals surface area (Å²) in [4.78, 5) is 12.2. The lowest BCUT2D eigenvalue weighted by molar-refractivity contribution is -0.122. The molecule has 0 radical (unpaired) electrons. The van der Waals surface area contributed by atoms with Crippen molar-refractivity contribution in [3.8, 4) is 0 Å². The van der Waals surface area contributed by atoms with E-state index in [1.807, 2.05) is 0 Å². The molecule has 0 aromatic heterocycles. The maximum atomic E-state index is 12.2. The zero-order valence-corrected chi connectivity index (χ0v) is 11.6. The van der Waals surface area contributed by atoms with Crippen molar-refractivity contribution in [1.82, 2.24) is 5.32 Å². The predicted octanol–water partition coefficient (Wildman–Crippen LogP) is 2.40. The highest BCUT2D eigenvalue weighted by Gasteiger charge is 2.47. The molecule has 19 heavy (non-hydrogen) atoms. The van der Waals surface area contributed by atoms with Crippen LogP contribution in [0.5, 0.6) is 0 Å². The molecule has 2 saturated carbocycles. The lowest BCUT2D eigenvalue weighted by Gasteiger charge is -2.30. The molecule has 4 atom stereocenters. The van der Waals surface area contributed by atoms with Crippen LogP contribution in [-0.4, -0.2) is 23.7 Å². The largest absolute Gasteiger partial charge is 0.396 e. The van der Waals surface area contributed by atoms with Crippen LogP contribution in [0.15, 0.2) is 11.6 Å². The summed E-state index contributed by atoms with van der Waals surface area (Å²) >= 11 is 0. The Morgan fingerprint density at radius 3 is 2.89 bits per heavy atom. The first-order valence-corrected chi connectivity index (χ1v) is 7.86. The van der Waals surface area contributed by atoms with Gasteiger partial charge < -0.3 is 10.4 Å². The molecule has 3 heteroatoms. The Bertz CT molecular complexity index is 377. The molecule has 3 aliphatic carbocycles. The summed E-state index contributed by atoms with van der Waals surface area (Å²) in [6.07, 6.45) is 11.2. The van der Waals surface area contributed by atoms with E-state index in [-0.39, 0.29) is 18.6 Å². The lowest BCUT2D eigenvalue weighted by Crippen LogP contribution is -2.45. The van der Waals surface area contributed by atoms with Gasteiger partial charge in [-0.1, -0.05) is 11.6 Å². The van der Waals surface area contributed by atoms with E-state index in [1.54, 1.807) is 0 Å². The van der Waals surface area contributed by atoms with Gasteiger partial charge >= 0.3 is 0 Å². The molecule has 2 bridgehead atoms. The molecular formula is C16H25NO2. The molecule has 0 saturated heterocycles. The van der Waals surface area contributed by atoms with Gasteiger partial charge in [-0.15, -0.1) is 0 Å². The van der Waals surface area contributed by atoms with Gasteiger partial charge in [0.2, 0.25) is 5.91 Å². The number of carbonyl (C=O) groups excluding carboxylic acids is 1. The number of carbonyl (C=O) groups is 1. The predicted molar refractivity (Wildman–Crippen MR) is 74.5 cm³/mol. The van der Waals surface area contributed by atoms with E-state index in [4.69, 9.17) is 0 Å². The number of fused-ring (bicyclic) bond motifs is 2. The second-order valence-electron chi connectivity index (χ2n) is 6.56. The molecular weight excluding hydrogens is 238 g/mol. The van der Waals surface area contributed by atoms with Gasteiger partial charge in [-0.2, -0.15) is 0 Å². The molecule has 4 unspecified atom stereocenters. The van der Waals surface area contributed by atoms with E-state index >= 15 is 0 Å². The molecule has 0 aromatic rings. The molecule has 0 spiro atoms. The standard InChI is InChI=1S/C16H25NO2/c18-10-14-12-6-7-13(9-12)16(14)17-15(19)8-11-4-2-1-3-5-11/h4,12-14,16,18H,1-3,5-10H2,(H,17,19). The minimum atomic E-state index is 0.171. The molecule has 3 nitrogen and oxygen atoms in total. The van der Waals surface area contributed by atoms with Crippen LogP contribution >= 0.6 is 0 Å². The Morgan fingerprint density at radius 1 is 1.32 bits per heavy atom. The SMILES string of the molecule is O=C(CC1=CCCCC1)NC1C2CCC(C2)C1CO. The zero-order valence-electron chi connectivity index (χ0n) is 11.6. The molecule has 2 fully saturated rings. The van der Waals surface area contributed by atoms with Crippen molar-refractivity contribution in [3.63, 3.8) is 0 Å². The van der Waals surface area contributed by atoms with Crippen LogP contribution in [0.3, 0.4) is 0 Å². The third-order valence-electron chi connectivity index (χ3n) is 5.40. The summed E-state index contributed by atoms with van der Waals surface area (Å²) in [5, 5.41) is 12.7. The minimum absolute atomic E-state index is 0.171. The van der Waals surface area contributed by atoms with E-state index in [1.165, 1.54) is 37.7 Å². The molecule has 3 rings (SSSR count). The zero-order chi connectivity index (χ0) is 13.2. The Balaban J connectivity index is 1.55. The van der Waals surface area contributed by atoms with Gasteiger partial charge in [-0.3, -0.25) is 4.79 Å². The number of hydrogen-bond donors (Lipinski definition) is 2. The number of aliphatic hydroxyl groups excluding tert-OH is 1. The maximum Gasteiger partial charge on any atom is 0.224 e. The van der Waals surface area contributed by atoms with Crippen molar-refractivity contribution >= 4 is 5.91 Å². The Kier molecular flexibility index (Phi) is 3.92. The molecule has 1 amide bonds. The summed E-state index contributed by atoms with van der Waals surface area (Å²) < 4.78 is 0. The molecule has 0 aromatic carbocycles. The Morgan fingerprint density at radius 2 is 2.16 bits per heavy atom. The van der Waals surface area contributed by atoms with Crippen LogP contribution in [0.4, 0.5) is 0 Å². The van der Waals surface area contributed by atoms with Crippen molar-refractivity contribution in [2.45, 2.75) is 57.4 Å². The summed E-state index contributed by atoms with van der Waals surface area (Å²) in [5.41, 5.74) is 1.31. The smallest absolute Gasteiger partial charge is 0.224 e. The van der Waals surface area contributed by atoms with Crippen LogP contribution in [-0.2, 0) is 4.79 Å². The van der Waals surface area contributed by atoms with Gasteiger partial charge in [0.25, 0.3) is 0 Å². The number of aliphatic hydroxyl groups is 1. The van der Waals surface area contributed by atoms with Crippen LogP contribution in [0.2, 0.25) is 0 Å². The van der Waals surface area contributed by atoms with E-state index in [9.17, 15) is 9.90 Å². The van der Waals surface area contributed by atoms with Crippen LogP contribution < -0.4 is 5.32 Å². The number of rotatable bonds is 4. The molecule has 3 aliphatic rings. The quantitative estimate of drug-likeness (QED) is 0.765. The van der Waals surface area contributed by atoms with Crippen molar-refractivity contribution in [1.29, 1.82) is 0 Å². The summed E-state index contributed by atoms with van der Waals surface area (Å²) in [6, 6.07) is 0.237.